The fraction of sp³-hybridized carbons (Fsp3) is 0.192. The highest BCUT2D eigenvalue weighted by Crippen LogP contribution is 2.31. The summed E-state index contributed by atoms with van der Waals surface area (Å²) in [4.78, 5) is 33.2. The summed E-state index contributed by atoms with van der Waals surface area (Å²) in [6.45, 7) is -0.552. The monoisotopic (exact) mass is 634 g/mol. The molecule has 2 atom stereocenters. The SMILES string of the molecule is O=C(Nc1ccc(I)cc1F)[C@H](Cc1ccccn1)n1c(O)c(-c2ccc(OC[C@H](O)CO)cc2)[nH]c1=O. The first-order valence-electron chi connectivity index (χ1n) is 11.5. The van der Waals surface area contributed by atoms with Crippen LogP contribution in [0.25, 0.3) is 11.3 Å². The van der Waals surface area contributed by atoms with Gasteiger partial charge in [-0.1, -0.05) is 6.07 Å². The molecular formula is C26H24FIN4O6. The van der Waals surface area contributed by atoms with Crippen LogP contribution >= 0.6 is 22.6 Å². The fourth-order valence-corrected chi connectivity index (χ4v) is 4.17. The molecule has 2 aromatic carbocycles. The van der Waals surface area contributed by atoms with Crippen molar-refractivity contribution in [1.29, 1.82) is 0 Å². The van der Waals surface area contributed by atoms with Crippen LogP contribution in [0.4, 0.5) is 10.1 Å². The molecule has 4 aromatic rings. The molecule has 0 unspecified atom stereocenters. The van der Waals surface area contributed by atoms with E-state index in [1.54, 1.807) is 48.5 Å². The third-order valence-corrected chi connectivity index (χ3v) is 6.30. The quantitative estimate of drug-likeness (QED) is 0.169. The zero-order chi connectivity index (χ0) is 27.2. The number of aromatic hydroxyl groups is 1. The van der Waals surface area contributed by atoms with Gasteiger partial charge in [0.25, 0.3) is 0 Å². The maximum atomic E-state index is 14.4. The number of benzene rings is 2. The fourth-order valence-electron chi connectivity index (χ4n) is 3.72. The van der Waals surface area contributed by atoms with Crippen molar-refractivity contribution in [2.24, 2.45) is 0 Å². The van der Waals surface area contributed by atoms with E-state index in [1.165, 1.54) is 18.3 Å². The molecule has 0 spiro atoms. The van der Waals surface area contributed by atoms with Crippen LogP contribution in [0.1, 0.15) is 11.7 Å². The van der Waals surface area contributed by atoms with E-state index in [0.717, 1.165) is 4.57 Å². The van der Waals surface area contributed by atoms with Crippen molar-refractivity contribution < 1.29 is 29.2 Å². The summed E-state index contributed by atoms with van der Waals surface area (Å²) < 4.78 is 21.4. The molecule has 0 aliphatic rings. The number of aromatic amines is 1. The number of anilines is 1. The summed E-state index contributed by atoms with van der Waals surface area (Å²) in [7, 11) is 0. The molecule has 4 rings (SSSR count). The maximum absolute atomic E-state index is 14.4. The topological polar surface area (TPSA) is 150 Å². The number of amides is 1. The van der Waals surface area contributed by atoms with Crippen LogP contribution in [0.3, 0.4) is 0 Å². The lowest BCUT2D eigenvalue weighted by Crippen LogP contribution is -2.33. The molecule has 38 heavy (non-hydrogen) atoms. The van der Waals surface area contributed by atoms with Crippen LogP contribution in [0.15, 0.2) is 71.7 Å². The van der Waals surface area contributed by atoms with E-state index in [-0.39, 0.29) is 24.4 Å². The number of rotatable bonds is 10. The van der Waals surface area contributed by atoms with Crippen LogP contribution in [-0.2, 0) is 11.2 Å². The number of H-pyrrole nitrogens is 1. The Morgan fingerprint density at radius 1 is 1.18 bits per heavy atom. The first-order chi connectivity index (χ1) is 18.3. The Kier molecular flexibility index (Phi) is 8.76. The number of pyridine rings is 1. The first-order valence-corrected chi connectivity index (χ1v) is 12.6. The van der Waals surface area contributed by atoms with E-state index in [4.69, 9.17) is 9.84 Å². The lowest BCUT2D eigenvalue weighted by atomic mass is 10.1. The lowest BCUT2D eigenvalue weighted by Gasteiger charge is -2.18. The number of aromatic nitrogens is 3. The zero-order valence-electron chi connectivity index (χ0n) is 19.8. The van der Waals surface area contributed by atoms with Crippen molar-refractivity contribution in [2.75, 3.05) is 18.5 Å². The van der Waals surface area contributed by atoms with Gasteiger partial charge in [0.05, 0.1) is 12.3 Å². The first kappa shape index (κ1) is 27.3. The van der Waals surface area contributed by atoms with Gasteiger partial charge in [0.2, 0.25) is 11.8 Å². The normalized spacial score (nSPS) is 12.6. The Bertz CT molecular complexity index is 1460. The minimum absolute atomic E-state index is 0.0522. The molecular weight excluding hydrogens is 610 g/mol. The lowest BCUT2D eigenvalue weighted by molar-refractivity contribution is -0.119. The molecule has 0 fully saturated rings. The Hall–Kier alpha value is -3.75. The van der Waals surface area contributed by atoms with Crippen LogP contribution < -0.4 is 15.7 Å². The third-order valence-electron chi connectivity index (χ3n) is 5.63. The van der Waals surface area contributed by atoms with Gasteiger partial charge in [0.15, 0.2) is 0 Å². The van der Waals surface area contributed by atoms with E-state index in [2.05, 4.69) is 15.3 Å². The molecule has 198 valence electrons. The van der Waals surface area contributed by atoms with Gasteiger partial charge < -0.3 is 30.4 Å². The number of carbonyl (C=O) groups is 1. The van der Waals surface area contributed by atoms with Crippen molar-refractivity contribution in [2.45, 2.75) is 18.6 Å². The average molecular weight is 634 g/mol. The summed E-state index contributed by atoms with van der Waals surface area (Å²) >= 11 is 1.95. The highest BCUT2D eigenvalue weighted by Gasteiger charge is 2.29. The van der Waals surface area contributed by atoms with E-state index in [1.807, 2.05) is 22.6 Å². The summed E-state index contributed by atoms with van der Waals surface area (Å²) in [5.41, 5.74) is 0.163. The molecule has 0 aliphatic carbocycles. The van der Waals surface area contributed by atoms with Crippen molar-refractivity contribution in [3.05, 3.63) is 92.4 Å². The molecule has 10 nitrogen and oxygen atoms in total. The zero-order valence-corrected chi connectivity index (χ0v) is 22.0. The standard InChI is InChI=1S/C26H24FIN4O6/c27-20-11-16(28)6-9-21(20)30-24(35)22(12-17-3-1-2-10-29-17)32-25(36)23(31-26(32)37)15-4-7-19(8-5-15)38-14-18(34)13-33/h1-11,18,22,33-34,36H,12-14H2,(H,30,35)(H,31,37)/t18-,22+/m1/s1. The van der Waals surface area contributed by atoms with Gasteiger partial charge >= 0.3 is 5.69 Å². The number of nitrogens with zero attached hydrogens (tertiary/aromatic N) is 2. The number of nitrogens with one attached hydrogen (secondary N) is 2. The van der Waals surface area contributed by atoms with Crippen LogP contribution in [0.5, 0.6) is 11.6 Å². The van der Waals surface area contributed by atoms with Crippen molar-refractivity contribution >= 4 is 34.2 Å². The third kappa shape index (κ3) is 6.38. The molecule has 0 aliphatic heterocycles. The van der Waals surface area contributed by atoms with E-state index in [9.17, 15) is 24.2 Å². The predicted molar refractivity (Wildman–Crippen MR) is 145 cm³/mol. The molecule has 12 heteroatoms. The van der Waals surface area contributed by atoms with Gasteiger partial charge in [-0.15, -0.1) is 0 Å². The predicted octanol–water partition coefficient (Wildman–Crippen LogP) is 2.84. The van der Waals surface area contributed by atoms with Crippen LogP contribution in [0.2, 0.25) is 0 Å². The van der Waals surface area contributed by atoms with Crippen molar-refractivity contribution in [3.63, 3.8) is 0 Å². The maximum Gasteiger partial charge on any atom is 0.329 e. The van der Waals surface area contributed by atoms with Gasteiger partial charge in [-0.2, -0.15) is 0 Å². The molecule has 0 saturated carbocycles. The summed E-state index contributed by atoms with van der Waals surface area (Å²) in [5, 5.41) is 31.9. The molecule has 2 heterocycles. The van der Waals surface area contributed by atoms with E-state index in [0.29, 0.717) is 20.6 Å². The van der Waals surface area contributed by atoms with Gasteiger partial charge in [-0.05, 0) is 77.2 Å². The average Bonchev–Trinajstić information content (AvgIpc) is 3.21. The molecule has 2 aromatic heterocycles. The Morgan fingerprint density at radius 2 is 1.95 bits per heavy atom. The van der Waals surface area contributed by atoms with Gasteiger partial charge in [0.1, 0.15) is 36.0 Å². The second-order valence-electron chi connectivity index (χ2n) is 8.32. The summed E-state index contributed by atoms with van der Waals surface area (Å²) in [5.74, 6) is -1.44. The second-order valence-corrected chi connectivity index (χ2v) is 9.57. The van der Waals surface area contributed by atoms with E-state index < -0.39 is 42.0 Å². The Balaban J connectivity index is 1.66. The van der Waals surface area contributed by atoms with Gasteiger partial charge in [-0.25, -0.2) is 13.8 Å². The largest absolute Gasteiger partial charge is 0.493 e. The minimum atomic E-state index is -1.26. The summed E-state index contributed by atoms with van der Waals surface area (Å²) in [6, 6.07) is 14.4. The van der Waals surface area contributed by atoms with E-state index >= 15 is 0 Å². The number of carbonyl (C=O) groups excluding carboxylic acids is 1. The molecule has 0 bridgehead atoms. The number of hydrogen-bond donors (Lipinski definition) is 5. The molecule has 5 N–H and O–H groups in total. The number of aliphatic hydroxyl groups is 2. The smallest absolute Gasteiger partial charge is 0.329 e. The Labute approximate surface area is 229 Å². The van der Waals surface area contributed by atoms with Gasteiger partial charge in [0, 0.05) is 27.4 Å². The van der Waals surface area contributed by atoms with Crippen LogP contribution in [0, 0.1) is 9.39 Å². The number of halogens is 2. The number of hydrogen-bond acceptors (Lipinski definition) is 7. The molecule has 1 amide bonds. The summed E-state index contributed by atoms with van der Waals surface area (Å²) in [6.07, 6.45) is 0.458. The van der Waals surface area contributed by atoms with Crippen molar-refractivity contribution in [3.8, 4) is 22.9 Å². The molecule has 0 radical (unpaired) electrons. The highest BCUT2D eigenvalue weighted by molar-refractivity contribution is 14.1. The number of ether oxygens (including phenoxy) is 1. The minimum Gasteiger partial charge on any atom is -0.493 e. The number of imidazole rings is 1. The van der Waals surface area contributed by atoms with Crippen LogP contribution in [-0.4, -0.2) is 55.1 Å². The second kappa shape index (κ2) is 12.2. The van der Waals surface area contributed by atoms with Gasteiger partial charge in [-0.3, -0.25) is 9.78 Å². The molecule has 0 saturated heterocycles. The van der Waals surface area contributed by atoms with Crippen molar-refractivity contribution in [1.82, 2.24) is 14.5 Å². The number of aliphatic hydroxyl groups excluding tert-OH is 2. The highest BCUT2D eigenvalue weighted by atomic mass is 127. The Morgan fingerprint density at radius 3 is 2.61 bits per heavy atom.